The summed E-state index contributed by atoms with van der Waals surface area (Å²) in [5.41, 5.74) is 1.63. The number of aliphatic hydroxyl groups is 1. The quantitative estimate of drug-likeness (QED) is 0.579. The summed E-state index contributed by atoms with van der Waals surface area (Å²) in [6.07, 6.45) is 3.66. The number of unbranched alkanes of at least 4 members (excludes halogenated alkanes) is 1. The molecule has 0 aromatic heterocycles. The van der Waals surface area contributed by atoms with Gasteiger partial charge in [0.2, 0.25) is 0 Å². The highest BCUT2D eigenvalue weighted by Gasteiger charge is 2.10. The Labute approximate surface area is 90.3 Å². The summed E-state index contributed by atoms with van der Waals surface area (Å²) in [5.74, 6) is -0.293. The summed E-state index contributed by atoms with van der Waals surface area (Å²) in [6, 6.07) is 4.52. The van der Waals surface area contributed by atoms with Crippen LogP contribution in [0.1, 0.15) is 36.5 Å². The van der Waals surface area contributed by atoms with E-state index < -0.39 is 6.10 Å². The molecule has 0 spiro atoms. The van der Waals surface area contributed by atoms with E-state index in [0.717, 1.165) is 18.4 Å². The van der Waals surface area contributed by atoms with Crippen LogP contribution in [-0.2, 0) is 0 Å². The summed E-state index contributed by atoms with van der Waals surface area (Å²) >= 11 is 0. The topological polar surface area (TPSA) is 20.2 Å². The largest absolute Gasteiger partial charge is 0.388 e. The molecule has 0 aliphatic carbocycles. The van der Waals surface area contributed by atoms with Crippen molar-refractivity contribution < 1.29 is 9.50 Å². The fraction of sp³-hybridized carbons (Fsp3) is 0.385. The second-order valence-electron chi connectivity index (χ2n) is 3.74. The second kappa shape index (κ2) is 5.66. The molecule has 0 saturated heterocycles. The fourth-order valence-corrected chi connectivity index (χ4v) is 1.58. The van der Waals surface area contributed by atoms with Crippen molar-refractivity contribution in [1.29, 1.82) is 0 Å². The van der Waals surface area contributed by atoms with E-state index in [1.807, 2.05) is 13.0 Å². The van der Waals surface area contributed by atoms with Gasteiger partial charge in [-0.25, -0.2) is 4.39 Å². The van der Waals surface area contributed by atoms with Crippen LogP contribution in [0.3, 0.4) is 0 Å². The van der Waals surface area contributed by atoms with E-state index in [2.05, 4.69) is 6.58 Å². The summed E-state index contributed by atoms with van der Waals surface area (Å²) in [5, 5.41) is 9.85. The van der Waals surface area contributed by atoms with Gasteiger partial charge < -0.3 is 5.11 Å². The Morgan fingerprint density at radius 2 is 2.27 bits per heavy atom. The molecule has 82 valence electrons. The van der Waals surface area contributed by atoms with Gasteiger partial charge in [0, 0.05) is 0 Å². The first-order valence-corrected chi connectivity index (χ1v) is 5.20. The van der Waals surface area contributed by atoms with Crippen LogP contribution >= 0.6 is 0 Å². The minimum absolute atomic E-state index is 0.293. The van der Waals surface area contributed by atoms with Crippen LogP contribution in [0.4, 0.5) is 4.39 Å². The molecule has 1 nitrogen and oxygen atoms in total. The molecule has 0 bridgehead atoms. The van der Waals surface area contributed by atoms with Crippen LogP contribution < -0.4 is 0 Å². The maximum Gasteiger partial charge on any atom is 0.123 e. The summed E-state index contributed by atoms with van der Waals surface area (Å²) in [7, 11) is 0. The number of benzene rings is 1. The van der Waals surface area contributed by atoms with Crippen molar-refractivity contribution in [3.8, 4) is 0 Å². The van der Waals surface area contributed by atoms with Gasteiger partial charge in [0.1, 0.15) is 5.82 Å². The van der Waals surface area contributed by atoms with Crippen molar-refractivity contribution in [3.05, 3.63) is 47.8 Å². The fourth-order valence-electron chi connectivity index (χ4n) is 1.58. The summed E-state index contributed by atoms with van der Waals surface area (Å²) < 4.78 is 13.0. The maximum absolute atomic E-state index is 13.0. The number of hydrogen-bond donors (Lipinski definition) is 1. The Hall–Kier alpha value is -1.15. The number of aliphatic hydroxyl groups excluding tert-OH is 1. The van der Waals surface area contributed by atoms with Crippen molar-refractivity contribution in [2.24, 2.45) is 0 Å². The van der Waals surface area contributed by atoms with Gasteiger partial charge in [0.05, 0.1) is 6.10 Å². The first-order valence-electron chi connectivity index (χ1n) is 5.20. The Bertz CT molecular complexity index is 333. The molecule has 1 aromatic carbocycles. The lowest BCUT2D eigenvalue weighted by Gasteiger charge is -2.13. The number of hydrogen-bond acceptors (Lipinski definition) is 1. The van der Waals surface area contributed by atoms with Crippen LogP contribution in [0.15, 0.2) is 30.9 Å². The van der Waals surface area contributed by atoms with Crippen LogP contribution in [0.2, 0.25) is 0 Å². The lowest BCUT2D eigenvalue weighted by Crippen LogP contribution is -2.00. The molecule has 15 heavy (non-hydrogen) atoms. The van der Waals surface area contributed by atoms with Crippen molar-refractivity contribution in [1.82, 2.24) is 0 Å². The Kier molecular flexibility index (Phi) is 4.50. The molecule has 1 rings (SSSR count). The van der Waals surface area contributed by atoms with Gasteiger partial charge in [0.25, 0.3) is 0 Å². The highest BCUT2D eigenvalue weighted by Crippen LogP contribution is 2.23. The third kappa shape index (κ3) is 3.48. The minimum Gasteiger partial charge on any atom is -0.388 e. The van der Waals surface area contributed by atoms with Crippen LogP contribution in [-0.4, -0.2) is 5.11 Å². The third-order valence-corrected chi connectivity index (χ3v) is 2.49. The van der Waals surface area contributed by atoms with Crippen LogP contribution in [0.25, 0.3) is 0 Å². The first kappa shape index (κ1) is 11.9. The molecular weight excluding hydrogens is 191 g/mol. The van der Waals surface area contributed by atoms with Gasteiger partial charge in [-0.15, -0.1) is 6.58 Å². The van der Waals surface area contributed by atoms with Gasteiger partial charge in [0.15, 0.2) is 0 Å². The van der Waals surface area contributed by atoms with E-state index in [-0.39, 0.29) is 5.82 Å². The summed E-state index contributed by atoms with van der Waals surface area (Å²) in [6.45, 7) is 5.50. The summed E-state index contributed by atoms with van der Waals surface area (Å²) in [4.78, 5) is 0. The lowest BCUT2D eigenvalue weighted by atomic mass is 9.99. The van der Waals surface area contributed by atoms with Crippen molar-refractivity contribution in [2.75, 3.05) is 0 Å². The van der Waals surface area contributed by atoms with E-state index >= 15 is 0 Å². The number of aryl methyl sites for hydroxylation is 1. The molecule has 1 atom stereocenters. The molecule has 1 unspecified atom stereocenters. The average molecular weight is 208 g/mol. The van der Waals surface area contributed by atoms with Gasteiger partial charge in [-0.2, -0.15) is 0 Å². The van der Waals surface area contributed by atoms with Crippen molar-refractivity contribution in [3.63, 3.8) is 0 Å². The molecule has 0 aliphatic heterocycles. The highest BCUT2D eigenvalue weighted by atomic mass is 19.1. The van der Waals surface area contributed by atoms with E-state index in [4.69, 9.17) is 0 Å². The minimum atomic E-state index is -0.569. The highest BCUT2D eigenvalue weighted by molar-refractivity contribution is 5.28. The molecule has 0 aliphatic rings. The Balaban J connectivity index is 2.67. The van der Waals surface area contributed by atoms with Crippen LogP contribution in [0.5, 0.6) is 0 Å². The molecule has 0 saturated carbocycles. The molecule has 0 fully saturated rings. The van der Waals surface area contributed by atoms with Gasteiger partial charge in [-0.3, -0.25) is 0 Å². The zero-order valence-corrected chi connectivity index (χ0v) is 9.04. The zero-order chi connectivity index (χ0) is 11.3. The van der Waals surface area contributed by atoms with Gasteiger partial charge in [-0.05, 0) is 49.4 Å². The van der Waals surface area contributed by atoms with Gasteiger partial charge in [-0.1, -0.05) is 12.1 Å². The smallest absolute Gasteiger partial charge is 0.123 e. The Morgan fingerprint density at radius 3 is 2.93 bits per heavy atom. The molecule has 2 heteroatoms. The van der Waals surface area contributed by atoms with E-state index in [1.165, 1.54) is 12.1 Å². The third-order valence-electron chi connectivity index (χ3n) is 2.49. The number of allylic oxidation sites excluding steroid dienone is 1. The Morgan fingerprint density at radius 1 is 1.53 bits per heavy atom. The predicted octanol–water partition coefficient (Wildman–Crippen LogP) is 3.52. The molecular formula is C13H17FO. The maximum atomic E-state index is 13.0. The molecule has 1 aromatic rings. The standard InChI is InChI=1S/C13H17FO/c1-3-4-5-6-13(15)12-9-11(14)8-7-10(12)2/h3,7-9,13,15H,1,4-6H2,2H3. The molecule has 1 N–H and O–H groups in total. The number of rotatable bonds is 5. The van der Waals surface area contributed by atoms with Gasteiger partial charge >= 0.3 is 0 Å². The number of halogens is 1. The van der Waals surface area contributed by atoms with E-state index in [0.29, 0.717) is 12.0 Å². The average Bonchev–Trinajstić information content (AvgIpc) is 2.22. The van der Waals surface area contributed by atoms with E-state index in [9.17, 15) is 9.50 Å². The van der Waals surface area contributed by atoms with Crippen molar-refractivity contribution >= 4 is 0 Å². The van der Waals surface area contributed by atoms with Crippen LogP contribution in [0, 0.1) is 12.7 Å². The van der Waals surface area contributed by atoms with Crippen molar-refractivity contribution in [2.45, 2.75) is 32.3 Å². The predicted molar refractivity (Wildman–Crippen MR) is 60.1 cm³/mol. The normalized spacial score (nSPS) is 12.5. The van der Waals surface area contributed by atoms with E-state index in [1.54, 1.807) is 6.07 Å². The molecule has 0 heterocycles. The monoisotopic (exact) mass is 208 g/mol. The SMILES string of the molecule is C=CCCCC(O)c1cc(F)ccc1C. The lowest BCUT2D eigenvalue weighted by molar-refractivity contribution is 0.164. The zero-order valence-electron chi connectivity index (χ0n) is 9.04. The molecule has 0 radical (unpaired) electrons. The first-order chi connectivity index (χ1) is 7.15. The molecule has 0 amide bonds. The second-order valence-corrected chi connectivity index (χ2v) is 3.74.